The Labute approximate surface area is 140 Å². The molecule has 0 N–H and O–H groups in total. The van der Waals surface area contributed by atoms with Gasteiger partial charge in [0.25, 0.3) is 0 Å². The minimum absolute atomic E-state index is 0.404. The van der Waals surface area contributed by atoms with Crippen LogP contribution >= 0.6 is 0 Å². The first-order valence-electron chi connectivity index (χ1n) is 7.46. The first-order valence-corrected chi connectivity index (χ1v) is 7.46. The maximum atomic E-state index is 11.4. The van der Waals surface area contributed by atoms with Gasteiger partial charge in [0.1, 0.15) is 16.9 Å². The maximum Gasteiger partial charge on any atom is 0.336 e. The monoisotopic (exact) mass is 336 g/mol. The number of ether oxygens (including phenoxy) is 2. The van der Waals surface area contributed by atoms with Crippen molar-refractivity contribution in [2.24, 2.45) is 0 Å². The smallest absolute Gasteiger partial charge is 0.336 e. The van der Waals surface area contributed by atoms with Crippen LogP contribution in [0.1, 0.15) is 0 Å². The van der Waals surface area contributed by atoms with Crippen molar-refractivity contribution in [1.29, 1.82) is 0 Å². The molecule has 0 amide bonds. The van der Waals surface area contributed by atoms with E-state index in [1.165, 1.54) is 19.2 Å². The average Bonchev–Trinajstić information content (AvgIpc) is 2.61. The van der Waals surface area contributed by atoms with Crippen LogP contribution in [0.25, 0.3) is 21.9 Å². The highest BCUT2D eigenvalue weighted by atomic mass is 16.5. The SMILES string of the molecule is COc1cc2oc(=O)ccc2cc1Oc1ccc2ccc(=O)oc2c1. The van der Waals surface area contributed by atoms with Crippen molar-refractivity contribution in [3.63, 3.8) is 0 Å². The second-order valence-electron chi connectivity index (χ2n) is 5.35. The molecular weight excluding hydrogens is 324 g/mol. The molecule has 0 atom stereocenters. The van der Waals surface area contributed by atoms with Gasteiger partial charge < -0.3 is 18.3 Å². The van der Waals surface area contributed by atoms with E-state index < -0.39 is 11.3 Å². The van der Waals surface area contributed by atoms with E-state index in [1.54, 1.807) is 42.5 Å². The average molecular weight is 336 g/mol. The summed E-state index contributed by atoms with van der Waals surface area (Å²) in [4.78, 5) is 22.7. The highest BCUT2D eigenvalue weighted by molar-refractivity contribution is 5.81. The molecule has 6 heteroatoms. The van der Waals surface area contributed by atoms with E-state index in [2.05, 4.69) is 0 Å². The standard InChI is InChI=1S/C19H12O6/c1-22-16-10-15-12(4-7-19(21)25-15)8-17(16)23-13-5-2-11-3-6-18(20)24-14(11)9-13/h2-10H,1H3. The third kappa shape index (κ3) is 2.85. The molecule has 0 aliphatic rings. The van der Waals surface area contributed by atoms with E-state index in [0.29, 0.717) is 33.8 Å². The zero-order valence-electron chi connectivity index (χ0n) is 13.1. The van der Waals surface area contributed by atoms with Gasteiger partial charge in [-0.15, -0.1) is 0 Å². The summed E-state index contributed by atoms with van der Waals surface area (Å²) in [5.74, 6) is 1.34. The van der Waals surface area contributed by atoms with E-state index in [-0.39, 0.29) is 0 Å². The number of fused-ring (bicyclic) bond motifs is 2. The number of methoxy groups -OCH3 is 1. The Hall–Kier alpha value is -3.54. The molecule has 4 rings (SSSR count). The number of hydrogen-bond acceptors (Lipinski definition) is 6. The van der Waals surface area contributed by atoms with Crippen LogP contribution in [-0.2, 0) is 0 Å². The number of hydrogen-bond donors (Lipinski definition) is 0. The van der Waals surface area contributed by atoms with Gasteiger partial charge in [-0.2, -0.15) is 0 Å². The quantitative estimate of drug-likeness (QED) is 0.531. The van der Waals surface area contributed by atoms with Gasteiger partial charge in [-0.3, -0.25) is 0 Å². The minimum Gasteiger partial charge on any atom is -0.493 e. The van der Waals surface area contributed by atoms with Crippen molar-refractivity contribution in [3.05, 3.63) is 75.4 Å². The Morgan fingerprint density at radius 3 is 2.08 bits per heavy atom. The van der Waals surface area contributed by atoms with Crippen molar-refractivity contribution < 1.29 is 18.3 Å². The molecular formula is C19H12O6. The van der Waals surface area contributed by atoms with Crippen molar-refractivity contribution >= 4 is 21.9 Å². The molecule has 0 aliphatic heterocycles. The van der Waals surface area contributed by atoms with Crippen LogP contribution in [0.3, 0.4) is 0 Å². The second kappa shape index (κ2) is 5.83. The lowest BCUT2D eigenvalue weighted by Gasteiger charge is -2.11. The van der Waals surface area contributed by atoms with Crippen molar-refractivity contribution in [2.75, 3.05) is 7.11 Å². The van der Waals surface area contributed by atoms with E-state index in [9.17, 15) is 9.59 Å². The van der Waals surface area contributed by atoms with Gasteiger partial charge in [-0.1, -0.05) is 0 Å². The lowest BCUT2D eigenvalue weighted by Crippen LogP contribution is -1.97. The fraction of sp³-hybridized carbons (Fsp3) is 0.0526. The fourth-order valence-electron chi connectivity index (χ4n) is 2.55. The van der Waals surface area contributed by atoms with Crippen molar-refractivity contribution in [1.82, 2.24) is 0 Å². The zero-order valence-corrected chi connectivity index (χ0v) is 13.1. The molecule has 0 aliphatic carbocycles. The third-order valence-electron chi connectivity index (χ3n) is 3.73. The molecule has 0 saturated carbocycles. The van der Waals surface area contributed by atoms with Crippen molar-refractivity contribution in [3.8, 4) is 17.2 Å². The van der Waals surface area contributed by atoms with E-state index in [4.69, 9.17) is 18.3 Å². The molecule has 0 saturated heterocycles. The number of benzene rings is 2. The Balaban J connectivity index is 1.80. The van der Waals surface area contributed by atoms with Crippen LogP contribution in [-0.4, -0.2) is 7.11 Å². The fourth-order valence-corrected chi connectivity index (χ4v) is 2.55. The molecule has 124 valence electrons. The van der Waals surface area contributed by atoms with Gasteiger partial charge in [0.15, 0.2) is 11.5 Å². The summed E-state index contributed by atoms with van der Waals surface area (Å²) in [6.07, 6.45) is 0. The predicted octanol–water partition coefficient (Wildman–Crippen LogP) is 3.70. The Bertz CT molecular complexity index is 1200. The first-order chi connectivity index (χ1) is 12.1. The summed E-state index contributed by atoms with van der Waals surface area (Å²) in [6, 6.07) is 14.5. The molecule has 0 unspecified atom stereocenters. The number of rotatable bonds is 3. The molecule has 2 aromatic carbocycles. The Kier molecular flexibility index (Phi) is 3.50. The van der Waals surface area contributed by atoms with Crippen LogP contribution in [0.5, 0.6) is 17.2 Å². The second-order valence-corrected chi connectivity index (χ2v) is 5.35. The summed E-state index contributed by atoms with van der Waals surface area (Å²) in [5, 5.41) is 1.49. The van der Waals surface area contributed by atoms with E-state index in [0.717, 1.165) is 5.39 Å². The predicted molar refractivity (Wildman–Crippen MR) is 91.6 cm³/mol. The molecule has 2 heterocycles. The van der Waals surface area contributed by atoms with Crippen LogP contribution in [0.2, 0.25) is 0 Å². The third-order valence-corrected chi connectivity index (χ3v) is 3.73. The molecule has 2 aromatic heterocycles. The van der Waals surface area contributed by atoms with E-state index in [1.807, 2.05) is 0 Å². The van der Waals surface area contributed by atoms with E-state index >= 15 is 0 Å². The molecule has 0 spiro atoms. The molecule has 0 radical (unpaired) electrons. The van der Waals surface area contributed by atoms with Gasteiger partial charge in [-0.25, -0.2) is 9.59 Å². The Morgan fingerprint density at radius 1 is 0.720 bits per heavy atom. The highest BCUT2D eigenvalue weighted by Gasteiger charge is 2.11. The summed E-state index contributed by atoms with van der Waals surface area (Å²) >= 11 is 0. The lowest BCUT2D eigenvalue weighted by molar-refractivity contribution is 0.378. The van der Waals surface area contributed by atoms with Crippen LogP contribution in [0.15, 0.2) is 73.0 Å². The largest absolute Gasteiger partial charge is 0.493 e. The summed E-state index contributed by atoms with van der Waals surface area (Å²) in [6.45, 7) is 0. The maximum absolute atomic E-state index is 11.4. The summed E-state index contributed by atoms with van der Waals surface area (Å²) < 4.78 is 21.5. The topological polar surface area (TPSA) is 78.9 Å². The minimum atomic E-state index is -0.437. The summed E-state index contributed by atoms with van der Waals surface area (Å²) in [5.41, 5.74) is -0.0345. The first kappa shape index (κ1) is 15.0. The molecule has 0 fully saturated rings. The highest BCUT2D eigenvalue weighted by Crippen LogP contribution is 2.35. The van der Waals surface area contributed by atoms with Crippen LogP contribution in [0, 0.1) is 0 Å². The van der Waals surface area contributed by atoms with Gasteiger partial charge in [0.05, 0.1) is 7.11 Å². The summed E-state index contributed by atoms with van der Waals surface area (Å²) in [7, 11) is 1.49. The molecule has 4 aromatic rings. The molecule has 6 nitrogen and oxygen atoms in total. The van der Waals surface area contributed by atoms with Gasteiger partial charge >= 0.3 is 11.3 Å². The van der Waals surface area contributed by atoms with Gasteiger partial charge in [-0.05, 0) is 30.3 Å². The Morgan fingerprint density at radius 2 is 1.36 bits per heavy atom. The van der Waals surface area contributed by atoms with Gasteiger partial charge in [0, 0.05) is 35.0 Å². The normalized spacial score (nSPS) is 10.9. The molecule has 0 bridgehead atoms. The molecule has 25 heavy (non-hydrogen) atoms. The van der Waals surface area contributed by atoms with Crippen molar-refractivity contribution in [2.45, 2.75) is 0 Å². The lowest BCUT2D eigenvalue weighted by atomic mass is 10.2. The van der Waals surface area contributed by atoms with Gasteiger partial charge in [0.2, 0.25) is 0 Å². The zero-order chi connectivity index (χ0) is 17.4. The van der Waals surface area contributed by atoms with Crippen LogP contribution in [0.4, 0.5) is 0 Å². The van der Waals surface area contributed by atoms with Crippen LogP contribution < -0.4 is 20.7 Å².